The average Bonchev–Trinajstić information content (AvgIpc) is 3.33. The molecule has 27 heavy (non-hydrogen) atoms. The first-order chi connectivity index (χ1) is 12.9. The van der Waals surface area contributed by atoms with Crippen LogP contribution in [0.5, 0.6) is 0 Å². The van der Waals surface area contributed by atoms with E-state index in [-0.39, 0.29) is 29.7 Å². The lowest BCUT2D eigenvalue weighted by atomic mass is 10.1. The summed E-state index contributed by atoms with van der Waals surface area (Å²) in [5.74, 6) is -0.00731. The Morgan fingerprint density at radius 3 is 2.70 bits per heavy atom. The molecule has 1 aliphatic heterocycles. The third-order valence-electron chi connectivity index (χ3n) is 4.86. The Hall–Kier alpha value is -2.33. The van der Waals surface area contributed by atoms with Crippen LogP contribution in [-0.2, 0) is 11.3 Å². The molecule has 2 atom stereocenters. The zero-order valence-electron chi connectivity index (χ0n) is 15.7. The van der Waals surface area contributed by atoms with Gasteiger partial charge in [0, 0.05) is 25.0 Å². The van der Waals surface area contributed by atoms with Gasteiger partial charge in [-0.05, 0) is 33.7 Å². The Bertz CT molecular complexity index is 804. The summed E-state index contributed by atoms with van der Waals surface area (Å²) in [6.45, 7) is 4.55. The molecule has 2 aromatic heterocycles. The van der Waals surface area contributed by atoms with Crippen LogP contribution >= 0.6 is 11.3 Å². The number of aromatic nitrogens is 3. The van der Waals surface area contributed by atoms with Crippen molar-refractivity contribution in [1.82, 2.24) is 30.7 Å². The van der Waals surface area contributed by atoms with Gasteiger partial charge in [0.25, 0.3) is 5.91 Å². The molecule has 0 radical (unpaired) electrons. The summed E-state index contributed by atoms with van der Waals surface area (Å²) in [6.07, 6.45) is 3.55. The molecule has 1 aliphatic rings. The second kappa shape index (κ2) is 8.57. The van der Waals surface area contributed by atoms with Crippen LogP contribution in [0.15, 0.2) is 10.8 Å². The number of likely N-dealkylation sites (tertiary alicyclic amines) is 1. The molecule has 2 aromatic rings. The quantitative estimate of drug-likeness (QED) is 0.724. The Labute approximate surface area is 161 Å². The summed E-state index contributed by atoms with van der Waals surface area (Å²) in [7, 11) is 2.00. The van der Waals surface area contributed by atoms with E-state index in [1.165, 1.54) is 17.7 Å². The topological polar surface area (TPSA) is 113 Å². The highest BCUT2D eigenvalue weighted by molar-refractivity contribution is 7.11. The van der Waals surface area contributed by atoms with Gasteiger partial charge in [-0.3, -0.25) is 14.5 Å². The number of likely N-dealkylation sites (N-methyl/N-ethyl adjacent to an activating group) is 1. The molecule has 10 heteroatoms. The van der Waals surface area contributed by atoms with Gasteiger partial charge in [-0.25, -0.2) is 4.98 Å². The van der Waals surface area contributed by atoms with Gasteiger partial charge >= 0.3 is 0 Å². The van der Waals surface area contributed by atoms with Gasteiger partial charge in [0.1, 0.15) is 10.0 Å². The largest absolute Gasteiger partial charge is 0.438 e. The lowest BCUT2D eigenvalue weighted by Gasteiger charge is -2.25. The predicted molar refractivity (Wildman–Crippen MR) is 99.3 cm³/mol. The van der Waals surface area contributed by atoms with Gasteiger partial charge in [-0.15, -0.1) is 10.2 Å². The van der Waals surface area contributed by atoms with Crippen molar-refractivity contribution in [1.29, 1.82) is 0 Å². The van der Waals surface area contributed by atoms with E-state index >= 15 is 0 Å². The Morgan fingerprint density at radius 2 is 2.04 bits per heavy atom. The number of oxazole rings is 1. The minimum Gasteiger partial charge on any atom is -0.438 e. The Kier molecular flexibility index (Phi) is 6.17. The van der Waals surface area contributed by atoms with Crippen LogP contribution in [0.25, 0.3) is 0 Å². The normalized spacial score (nSPS) is 20.0. The highest BCUT2D eigenvalue weighted by Crippen LogP contribution is 2.24. The molecular weight excluding hydrogens is 368 g/mol. The zero-order chi connectivity index (χ0) is 19.4. The third kappa shape index (κ3) is 4.89. The van der Waals surface area contributed by atoms with Crippen LogP contribution in [0, 0.1) is 13.8 Å². The van der Waals surface area contributed by atoms with E-state index < -0.39 is 0 Å². The first-order valence-corrected chi connectivity index (χ1v) is 9.71. The molecular formula is C17H24N6O3S. The van der Waals surface area contributed by atoms with Crippen LogP contribution in [-0.4, -0.2) is 57.6 Å². The molecule has 0 aliphatic carbocycles. The van der Waals surface area contributed by atoms with Crippen molar-refractivity contribution in [2.75, 3.05) is 13.6 Å². The molecule has 0 aromatic carbocycles. The fourth-order valence-electron chi connectivity index (χ4n) is 3.26. The summed E-state index contributed by atoms with van der Waals surface area (Å²) >= 11 is 1.48. The number of amides is 2. The number of carbonyl (C=O) groups is 2. The zero-order valence-corrected chi connectivity index (χ0v) is 16.5. The second-order valence-corrected chi connectivity index (χ2v) is 7.99. The SMILES string of the molecule is Cc1nnc(CNC(=O)C[C@H]2CC[C@@H](CNC(=O)c3ocnc3C)N2C)s1. The van der Waals surface area contributed by atoms with Crippen LogP contribution < -0.4 is 10.6 Å². The second-order valence-electron chi connectivity index (χ2n) is 6.72. The predicted octanol–water partition coefficient (Wildman–Crippen LogP) is 1.04. The van der Waals surface area contributed by atoms with Crippen molar-refractivity contribution in [3.05, 3.63) is 27.9 Å². The number of nitrogens with one attached hydrogen (secondary N) is 2. The Balaban J connectivity index is 1.42. The number of hydrogen-bond donors (Lipinski definition) is 2. The minimum atomic E-state index is -0.257. The first kappa shape index (κ1) is 19.4. The smallest absolute Gasteiger partial charge is 0.289 e. The van der Waals surface area contributed by atoms with Crippen molar-refractivity contribution < 1.29 is 14.0 Å². The summed E-state index contributed by atoms with van der Waals surface area (Å²) in [6, 6.07) is 0.357. The van der Waals surface area contributed by atoms with E-state index in [9.17, 15) is 9.59 Å². The first-order valence-electron chi connectivity index (χ1n) is 8.90. The highest BCUT2D eigenvalue weighted by Gasteiger charge is 2.32. The molecule has 3 heterocycles. The molecule has 0 spiro atoms. The monoisotopic (exact) mass is 392 g/mol. The highest BCUT2D eigenvalue weighted by atomic mass is 32.1. The van der Waals surface area contributed by atoms with E-state index in [0.29, 0.717) is 25.2 Å². The lowest BCUT2D eigenvalue weighted by molar-refractivity contribution is -0.122. The summed E-state index contributed by atoms with van der Waals surface area (Å²) in [4.78, 5) is 30.4. The maximum Gasteiger partial charge on any atom is 0.289 e. The molecule has 9 nitrogen and oxygen atoms in total. The maximum atomic E-state index is 12.2. The standard InChI is InChI=1S/C17H24N6O3S/c1-10-16(26-9-20-10)17(25)19-7-13-5-4-12(23(13)3)6-14(24)18-8-15-22-21-11(2)27-15/h9,12-13H,4-8H2,1-3H3,(H,18,24)(H,19,25)/t12-,13+/m1/s1. The number of carbonyl (C=O) groups excluding carboxylic acids is 2. The lowest BCUT2D eigenvalue weighted by Crippen LogP contribution is -2.42. The summed E-state index contributed by atoms with van der Waals surface area (Å²) < 4.78 is 5.11. The van der Waals surface area contributed by atoms with Gasteiger partial charge in [-0.1, -0.05) is 11.3 Å². The molecule has 0 unspecified atom stereocenters. The van der Waals surface area contributed by atoms with Crippen LogP contribution in [0.2, 0.25) is 0 Å². The summed E-state index contributed by atoms with van der Waals surface area (Å²) in [5.41, 5.74) is 0.576. The van der Waals surface area contributed by atoms with Crippen LogP contribution in [0.3, 0.4) is 0 Å². The number of rotatable bonds is 7. The third-order valence-corrected chi connectivity index (χ3v) is 5.70. The van der Waals surface area contributed by atoms with Gasteiger partial charge in [-0.2, -0.15) is 0 Å². The van der Waals surface area contributed by atoms with Gasteiger partial charge in [0.05, 0.1) is 12.2 Å². The number of aryl methyl sites for hydroxylation is 2. The molecule has 3 rings (SSSR count). The summed E-state index contributed by atoms with van der Waals surface area (Å²) in [5, 5.41) is 15.4. The van der Waals surface area contributed by atoms with Crippen LogP contribution in [0.1, 0.15) is 45.5 Å². The fraction of sp³-hybridized carbons (Fsp3) is 0.588. The van der Waals surface area contributed by atoms with Crippen molar-refractivity contribution in [3.8, 4) is 0 Å². The maximum absolute atomic E-state index is 12.2. The van der Waals surface area contributed by atoms with Crippen molar-refractivity contribution in [2.45, 2.75) is 51.7 Å². The fourth-order valence-corrected chi connectivity index (χ4v) is 3.91. The van der Waals surface area contributed by atoms with Crippen molar-refractivity contribution in [2.24, 2.45) is 0 Å². The average molecular weight is 392 g/mol. The van der Waals surface area contributed by atoms with Gasteiger partial charge < -0.3 is 15.1 Å². The van der Waals surface area contributed by atoms with E-state index in [2.05, 4.69) is 30.7 Å². The van der Waals surface area contributed by atoms with E-state index in [1.54, 1.807) is 6.92 Å². The van der Waals surface area contributed by atoms with Crippen LogP contribution in [0.4, 0.5) is 0 Å². The van der Waals surface area contributed by atoms with Gasteiger partial charge in [0.2, 0.25) is 11.7 Å². The number of hydrogen-bond acceptors (Lipinski definition) is 8. The number of nitrogens with zero attached hydrogens (tertiary/aromatic N) is 4. The van der Waals surface area contributed by atoms with Crippen molar-refractivity contribution >= 4 is 23.2 Å². The molecule has 146 valence electrons. The van der Waals surface area contributed by atoms with E-state index in [1.807, 2.05) is 14.0 Å². The molecule has 0 saturated carbocycles. The molecule has 0 bridgehead atoms. The van der Waals surface area contributed by atoms with E-state index in [0.717, 1.165) is 22.9 Å². The van der Waals surface area contributed by atoms with Crippen molar-refractivity contribution in [3.63, 3.8) is 0 Å². The van der Waals surface area contributed by atoms with E-state index in [4.69, 9.17) is 4.42 Å². The minimum absolute atomic E-state index is 0.00155. The molecule has 1 fully saturated rings. The molecule has 1 saturated heterocycles. The van der Waals surface area contributed by atoms with Gasteiger partial charge in [0.15, 0.2) is 6.39 Å². The molecule has 2 N–H and O–H groups in total. The Morgan fingerprint density at radius 1 is 1.26 bits per heavy atom. The molecule has 2 amide bonds.